The van der Waals surface area contributed by atoms with E-state index in [9.17, 15) is 0 Å². The average molecular weight is 268 g/mol. The Labute approximate surface area is 110 Å². The minimum absolute atomic E-state index is 0.757. The third-order valence-electron chi connectivity index (χ3n) is 2.93. The van der Waals surface area contributed by atoms with Crippen molar-refractivity contribution < 1.29 is 4.74 Å². The Morgan fingerprint density at radius 1 is 1.18 bits per heavy atom. The van der Waals surface area contributed by atoms with Crippen molar-refractivity contribution in [3.05, 3.63) is 33.3 Å². The predicted octanol–water partition coefficient (Wildman–Crippen LogP) is 4.40. The number of hydrogen-bond donors (Lipinski definition) is 0. The molecule has 0 spiro atoms. The predicted molar refractivity (Wildman–Crippen MR) is 73.3 cm³/mol. The van der Waals surface area contributed by atoms with Crippen LogP contribution in [0.2, 0.25) is 4.34 Å². The van der Waals surface area contributed by atoms with E-state index in [0.717, 1.165) is 31.9 Å². The van der Waals surface area contributed by atoms with Crippen LogP contribution in [0.25, 0.3) is 10.6 Å². The number of halogens is 1. The van der Waals surface area contributed by atoms with Crippen LogP contribution in [0, 0.1) is 20.8 Å². The van der Waals surface area contributed by atoms with E-state index in [4.69, 9.17) is 16.3 Å². The molecule has 2 nitrogen and oxygen atoms in total. The summed E-state index contributed by atoms with van der Waals surface area (Å²) in [5, 5.41) is 0.968. The van der Waals surface area contributed by atoms with Gasteiger partial charge in [-0.3, -0.25) is 0 Å². The van der Waals surface area contributed by atoms with Gasteiger partial charge in [-0.05, 0) is 44.0 Å². The smallest absolute Gasteiger partial charge is 0.125 e. The lowest BCUT2D eigenvalue weighted by Gasteiger charge is -2.10. The highest BCUT2D eigenvalue weighted by Crippen LogP contribution is 2.36. The second-order valence-corrected chi connectivity index (χ2v) is 5.54. The standard InChI is InChI=1S/C13H14ClNOS/c1-7-8(2)11(16-4)6-5-10(7)13-15-9(3)12(14)17-13/h5-6H,1-4H3. The van der Waals surface area contributed by atoms with Crippen molar-refractivity contribution in [3.63, 3.8) is 0 Å². The lowest BCUT2D eigenvalue weighted by molar-refractivity contribution is 0.411. The van der Waals surface area contributed by atoms with Crippen molar-refractivity contribution in [2.75, 3.05) is 7.11 Å². The number of aryl methyl sites for hydroxylation is 1. The van der Waals surface area contributed by atoms with Crippen molar-refractivity contribution in [2.45, 2.75) is 20.8 Å². The molecule has 0 unspecified atom stereocenters. The molecular weight excluding hydrogens is 254 g/mol. The fourth-order valence-electron chi connectivity index (χ4n) is 1.74. The highest BCUT2D eigenvalue weighted by atomic mass is 35.5. The molecule has 2 rings (SSSR count). The van der Waals surface area contributed by atoms with Gasteiger partial charge in [-0.1, -0.05) is 11.6 Å². The summed E-state index contributed by atoms with van der Waals surface area (Å²) in [4.78, 5) is 4.48. The monoisotopic (exact) mass is 267 g/mol. The number of rotatable bonds is 2. The minimum atomic E-state index is 0.757. The second-order valence-electron chi connectivity index (χ2n) is 3.94. The van der Waals surface area contributed by atoms with Gasteiger partial charge in [-0.2, -0.15) is 0 Å². The van der Waals surface area contributed by atoms with Crippen LogP contribution in [-0.2, 0) is 0 Å². The third-order valence-corrected chi connectivity index (χ3v) is 4.41. The Kier molecular flexibility index (Phi) is 3.40. The SMILES string of the molecule is COc1ccc(-c2nc(C)c(Cl)s2)c(C)c1C. The number of nitrogens with zero attached hydrogens (tertiary/aromatic N) is 1. The van der Waals surface area contributed by atoms with Gasteiger partial charge in [0.15, 0.2) is 0 Å². The van der Waals surface area contributed by atoms with E-state index in [1.54, 1.807) is 7.11 Å². The van der Waals surface area contributed by atoms with Crippen LogP contribution in [0.5, 0.6) is 5.75 Å². The van der Waals surface area contributed by atoms with Gasteiger partial charge in [0, 0.05) is 5.56 Å². The topological polar surface area (TPSA) is 22.1 Å². The molecule has 90 valence electrons. The normalized spacial score (nSPS) is 10.6. The molecule has 0 bridgehead atoms. The van der Waals surface area contributed by atoms with Gasteiger partial charge in [-0.25, -0.2) is 4.98 Å². The number of ether oxygens (including phenoxy) is 1. The molecule has 0 fully saturated rings. The van der Waals surface area contributed by atoms with Crippen LogP contribution in [0.3, 0.4) is 0 Å². The summed E-state index contributed by atoms with van der Waals surface area (Å²) in [6.45, 7) is 6.06. The van der Waals surface area contributed by atoms with E-state index in [1.807, 2.05) is 19.1 Å². The first-order valence-electron chi connectivity index (χ1n) is 5.32. The van der Waals surface area contributed by atoms with Crippen LogP contribution in [-0.4, -0.2) is 12.1 Å². The van der Waals surface area contributed by atoms with E-state index in [1.165, 1.54) is 16.9 Å². The molecule has 0 aliphatic heterocycles. The maximum atomic E-state index is 6.06. The fourth-order valence-corrected chi connectivity index (χ4v) is 2.88. The molecule has 0 radical (unpaired) electrons. The Morgan fingerprint density at radius 2 is 1.88 bits per heavy atom. The van der Waals surface area contributed by atoms with Crippen molar-refractivity contribution in [1.82, 2.24) is 4.98 Å². The summed E-state index contributed by atoms with van der Waals surface area (Å²) < 4.78 is 6.06. The van der Waals surface area contributed by atoms with Crippen LogP contribution >= 0.6 is 22.9 Å². The Bertz CT molecular complexity index is 543. The van der Waals surface area contributed by atoms with Gasteiger partial charge in [0.05, 0.1) is 12.8 Å². The Hall–Kier alpha value is -1.06. The number of methoxy groups -OCH3 is 1. The van der Waals surface area contributed by atoms with E-state index < -0.39 is 0 Å². The van der Waals surface area contributed by atoms with Crippen LogP contribution in [0.4, 0.5) is 0 Å². The summed E-state index contributed by atoms with van der Waals surface area (Å²) in [6, 6.07) is 4.01. The van der Waals surface area contributed by atoms with Crippen molar-refractivity contribution in [2.24, 2.45) is 0 Å². The van der Waals surface area contributed by atoms with Gasteiger partial charge in [0.2, 0.25) is 0 Å². The fraction of sp³-hybridized carbons (Fsp3) is 0.308. The van der Waals surface area contributed by atoms with Gasteiger partial charge >= 0.3 is 0 Å². The largest absolute Gasteiger partial charge is 0.496 e. The van der Waals surface area contributed by atoms with Crippen LogP contribution in [0.1, 0.15) is 16.8 Å². The van der Waals surface area contributed by atoms with Gasteiger partial charge in [-0.15, -0.1) is 11.3 Å². The van der Waals surface area contributed by atoms with E-state index in [-0.39, 0.29) is 0 Å². The summed E-state index contributed by atoms with van der Waals surface area (Å²) >= 11 is 7.58. The molecule has 0 atom stereocenters. The van der Waals surface area contributed by atoms with Crippen LogP contribution in [0.15, 0.2) is 12.1 Å². The van der Waals surface area contributed by atoms with Gasteiger partial charge in [0.25, 0.3) is 0 Å². The molecule has 0 N–H and O–H groups in total. The molecule has 0 saturated heterocycles. The second kappa shape index (κ2) is 4.67. The first kappa shape index (κ1) is 12.4. The van der Waals surface area contributed by atoms with Crippen molar-refractivity contribution in [1.29, 1.82) is 0 Å². The molecule has 0 aliphatic carbocycles. The highest BCUT2D eigenvalue weighted by Gasteiger charge is 2.13. The van der Waals surface area contributed by atoms with E-state index in [0.29, 0.717) is 0 Å². The molecule has 1 aromatic heterocycles. The molecule has 17 heavy (non-hydrogen) atoms. The first-order valence-corrected chi connectivity index (χ1v) is 6.51. The maximum Gasteiger partial charge on any atom is 0.125 e. The zero-order chi connectivity index (χ0) is 12.6. The minimum Gasteiger partial charge on any atom is -0.496 e. The molecule has 2 aromatic rings. The average Bonchev–Trinajstić information content (AvgIpc) is 2.63. The number of aromatic nitrogens is 1. The summed E-state index contributed by atoms with van der Waals surface area (Å²) in [7, 11) is 1.69. The Morgan fingerprint density at radius 3 is 2.41 bits per heavy atom. The van der Waals surface area contributed by atoms with Gasteiger partial charge in [0.1, 0.15) is 15.1 Å². The van der Waals surface area contributed by atoms with E-state index in [2.05, 4.69) is 18.8 Å². The van der Waals surface area contributed by atoms with Crippen molar-refractivity contribution >= 4 is 22.9 Å². The van der Waals surface area contributed by atoms with Crippen LogP contribution < -0.4 is 4.74 Å². The third kappa shape index (κ3) is 2.17. The zero-order valence-electron chi connectivity index (χ0n) is 10.3. The molecule has 0 amide bonds. The highest BCUT2D eigenvalue weighted by molar-refractivity contribution is 7.19. The molecule has 1 heterocycles. The zero-order valence-corrected chi connectivity index (χ0v) is 11.9. The van der Waals surface area contributed by atoms with Gasteiger partial charge < -0.3 is 4.74 Å². The number of thiazole rings is 1. The summed E-state index contributed by atoms with van der Waals surface area (Å²) in [5.41, 5.74) is 4.35. The first-order chi connectivity index (χ1) is 8.04. The Balaban J connectivity index is 2.57. The number of hydrogen-bond acceptors (Lipinski definition) is 3. The van der Waals surface area contributed by atoms with E-state index >= 15 is 0 Å². The summed E-state index contributed by atoms with van der Waals surface area (Å²) in [5.74, 6) is 0.908. The molecule has 4 heteroatoms. The molecule has 0 aliphatic rings. The maximum absolute atomic E-state index is 6.06. The molecular formula is C13H14ClNOS. The molecule has 0 saturated carbocycles. The number of benzene rings is 1. The lowest BCUT2D eigenvalue weighted by Crippen LogP contribution is -1.92. The quantitative estimate of drug-likeness (QED) is 0.805. The van der Waals surface area contributed by atoms with Crippen molar-refractivity contribution in [3.8, 4) is 16.3 Å². The lowest BCUT2D eigenvalue weighted by atomic mass is 10.0. The summed E-state index contributed by atoms with van der Waals surface area (Å²) in [6.07, 6.45) is 0. The molecule has 1 aromatic carbocycles.